The van der Waals surface area contributed by atoms with Crippen LogP contribution in [0.5, 0.6) is 0 Å². The second kappa shape index (κ2) is 7.77. The monoisotopic (exact) mass is 289 g/mol. The van der Waals surface area contributed by atoms with Gasteiger partial charge in [-0.25, -0.2) is 9.97 Å². The summed E-state index contributed by atoms with van der Waals surface area (Å²) in [6.07, 6.45) is 7.34. The van der Waals surface area contributed by atoms with Crippen molar-refractivity contribution in [3.63, 3.8) is 0 Å². The Morgan fingerprint density at radius 3 is 2.67 bits per heavy atom. The van der Waals surface area contributed by atoms with E-state index >= 15 is 0 Å². The smallest absolute Gasteiger partial charge is 0.134 e. The van der Waals surface area contributed by atoms with Crippen molar-refractivity contribution in [2.24, 2.45) is 11.8 Å². The maximum absolute atomic E-state index is 4.88. The predicted octanol–water partition coefficient (Wildman–Crippen LogP) is 4.79. The SMILES string of the molecule is CCCNc1cc(CC(C)C)nc(C2CCC(CC)C2)n1. The highest BCUT2D eigenvalue weighted by Gasteiger charge is 2.27. The van der Waals surface area contributed by atoms with Gasteiger partial charge in [0, 0.05) is 24.2 Å². The van der Waals surface area contributed by atoms with Crippen LogP contribution >= 0.6 is 0 Å². The summed E-state index contributed by atoms with van der Waals surface area (Å²) in [5.41, 5.74) is 1.20. The molecule has 0 saturated heterocycles. The van der Waals surface area contributed by atoms with Crippen molar-refractivity contribution < 1.29 is 0 Å². The van der Waals surface area contributed by atoms with Crippen LogP contribution in [0.15, 0.2) is 6.07 Å². The topological polar surface area (TPSA) is 37.8 Å². The molecule has 0 aliphatic heterocycles. The summed E-state index contributed by atoms with van der Waals surface area (Å²) in [4.78, 5) is 9.69. The molecule has 1 aliphatic carbocycles. The Kier molecular flexibility index (Phi) is 6.01. The van der Waals surface area contributed by atoms with Crippen LogP contribution in [-0.2, 0) is 6.42 Å². The van der Waals surface area contributed by atoms with E-state index in [0.717, 1.165) is 36.9 Å². The van der Waals surface area contributed by atoms with Crippen LogP contribution < -0.4 is 5.32 Å². The molecule has 0 radical (unpaired) electrons. The van der Waals surface area contributed by atoms with E-state index in [4.69, 9.17) is 9.97 Å². The van der Waals surface area contributed by atoms with Gasteiger partial charge >= 0.3 is 0 Å². The van der Waals surface area contributed by atoms with Gasteiger partial charge in [0.2, 0.25) is 0 Å². The summed E-state index contributed by atoms with van der Waals surface area (Å²) in [5.74, 6) is 4.20. The molecule has 118 valence electrons. The zero-order valence-electron chi connectivity index (χ0n) is 14.2. The second-order valence-electron chi connectivity index (χ2n) is 6.91. The van der Waals surface area contributed by atoms with Crippen molar-refractivity contribution in [1.29, 1.82) is 0 Å². The molecule has 1 heterocycles. The fraction of sp³-hybridized carbons (Fsp3) is 0.778. The lowest BCUT2D eigenvalue weighted by Crippen LogP contribution is -2.10. The Balaban J connectivity index is 2.18. The summed E-state index contributed by atoms with van der Waals surface area (Å²) in [7, 11) is 0. The maximum atomic E-state index is 4.88. The highest BCUT2D eigenvalue weighted by atomic mass is 15.0. The molecule has 0 amide bonds. The standard InChI is InChI=1S/C18H31N3/c1-5-9-19-17-12-16(10-13(3)4)20-18(21-17)15-8-7-14(6-2)11-15/h12-15H,5-11H2,1-4H3,(H,19,20,21). The minimum Gasteiger partial charge on any atom is -0.370 e. The normalized spacial score (nSPS) is 22.0. The van der Waals surface area contributed by atoms with E-state index in [9.17, 15) is 0 Å². The summed E-state index contributed by atoms with van der Waals surface area (Å²) < 4.78 is 0. The van der Waals surface area contributed by atoms with Gasteiger partial charge in [0.25, 0.3) is 0 Å². The van der Waals surface area contributed by atoms with Crippen molar-refractivity contribution in [2.45, 2.75) is 72.1 Å². The first-order valence-electron chi connectivity index (χ1n) is 8.74. The van der Waals surface area contributed by atoms with Crippen molar-refractivity contribution in [3.05, 3.63) is 17.6 Å². The van der Waals surface area contributed by atoms with Gasteiger partial charge in [-0.15, -0.1) is 0 Å². The van der Waals surface area contributed by atoms with Crippen molar-refractivity contribution in [3.8, 4) is 0 Å². The molecule has 2 rings (SSSR count). The minimum atomic E-state index is 0.573. The van der Waals surface area contributed by atoms with Gasteiger partial charge in [-0.3, -0.25) is 0 Å². The lowest BCUT2D eigenvalue weighted by Gasteiger charge is -2.14. The van der Waals surface area contributed by atoms with Crippen LogP contribution in [0, 0.1) is 11.8 Å². The minimum absolute atomic E-state index is 0.573. The lowest BCUT2D eigenvalue weighted by atomic mass is 10.0. The molecule has 1 saturated carbocycles. The van der Waals surface area contributed by atoms with Crippen molar-refractivity contribution >= 4 is 5.82 Å². The number of rotatable bonds is 7. The molecule has 3 heteroatoms. The third kappa shape index (κ3) is 4.69. The van der Waals surface area contributed by atoms with Gasteiger partial charge in [-0.1, -0.05) is 34.1 Å². The number of aromatic nitrogens is 2. The largest absolute Gasteiger partial charge is 0.370 e. The van der Waals surface area contributed by atoms with E-state index in [-0.39, 0.29) is 0 Å². The summed E-state index contributed by atoms with van der Waals surface area (Å²) in [6, 6.07) is 2.14. The highest BCUT2D eigenvalue weighted by Crippen LogP contribution is 2.38. The zero-order chi connectivity index (χ0) is 15.2. The molecule has 2 atom stereocenters. The first kappa shape index (κ1) is 16.3. The van der Waals surface area contributed by atoms with Gasteiger partial charge in [0.15, 0.2) is 0 Å². The van der Waals surface area contributed by atoms with E-state index in [1.807, 2.05) is 0 Å². The lowest BCUT2D eigenvalue weighted by molar-refractivity contribution is 0.515. The molecule has 0 spiro atoms. The van der Waals surface area contributed by atoms with Crippen molar-refractivity contribution in [2.75, 3.05) is 11.9 Å². The molecule has 1 aromatic heterocycles. The van der Waals surface area contributed by atoms with Crippen LogP contribution in [0.1, 0.15) is 77.2 Å². The first-order chi connectivity index (χ1) is 10.1. The molecule has 1 N–H and O–H groups in total. The summed E-state index contributed by atoms with van der Waals surface area (Å²) in [5, 5.41) is 3.45. The molecule has 1 fully saturated rings. The third-order valence-electron chi connectivity index (χ3n) is 4.45. The van der Waals surface area contributed by atoms with Crippen LogP contribution in [0.2, 0.25) is 0 Å². The number of nitrogens with zero attached hydrogens (tertiary/aromatic N) is 2. The highest BCUT2D eigenvalue weighted by molar-refractivity contribution is 5.36. The number of nitrogens with one attached hydrogen (secondary N) is 1. The Bertz CT molecular complexity index is 442. The number of hydrogen-bond acceptors (Lipinski definition) is 3. The van der Waals surface area contributed by atoms with Gasteiger partial charge in [0.05, 0.1) is 0 Å². The van der Waals surface area contributed by atoms with E-state index in [0.29, 0.717) is 11.8 Å². The molecule has 0 bridgehead atoms. The van der Waals surface area contributed by atoms with Crippen LogP contribution in [0.4, 0.5) is 5.82 Å². The fourth-order valence-electron chi connectivity index (χ4n) is 3.25. The molecule has 2 unspecified atom stereocenters. The molecule has 1 aliphatic rings. The molecule has 21 heavy (non-hydrogen) atoms. The predicted molar refractivity (Wildman–Crippen MR) is 89.7 cm³/mol. The van der Waals surface area contributed by atoms with Gasteiger partial charge in [-0.2, -0.15) is 0 Å². The van der Waals surface area contributed by atoms with Crippen LogP contribution in [0.3, 0.4) is 0 Å². The summed E-state index contributed by atoms with van der Waals surface area (Å²) >= 11 is 0. The zero-order valence-corrected chi connectivity index (χ0v) is 14.2. The quantitative estimate of drug-likeness (QED) is 0.784. The second-order valence-corrected chi connectivity index (χ2v) is 6.91. The third-order valence-corrected chi connectivity index (χ3v) is 4.45. The molecule has 3 nitrogen and oxygen atoms in total. The Labute approximate surface area is 130 Å². The van der Waals surface area contributed by atoms with E-state index in [1.165, 1.54) is 31.4 Å². The summed E-state index contributed by atoms with van der Waals surface area (Å²) in [6.45, 7) is 9.98. The molecule has 1 aromatic rings. The van der Waals surface area contributed by atoms with E-state index in [2.05, 4.69) is 39.1 Å². The number of anilines is 1. The average molecular weight is 289 g/mol. The van der Waals surface area contributed by atoms with Crippen molar-refractivity contribution in [1.82, 2.24) is 9.97 Å². The maximum Gasteiger partial charge on any atom is 0.134 e. The van der Waals surface area contributed by atoms with Gasteiger partial charge < -0.3 is 5.32 Å². The molecule has 0 aromatic carbocycles. The van der Waals surface area contributed by atoms with Gasteiger partial charge in [-0.05, 0) is 43.9 Å². The van der Waals surface area contributed by atoms with Crippen LogP contribution in [0.25, 0.3) is 0 Å². The van der Waals surface area contributed by atoms with Crippen LogP contribution in [-0.4, -0.2) is 16.5 Å². The Hall–Kier alpha value is -1.12. The average Bonchev–Trinajstić information content (AvgIpc) is 2.93. The van der Waals surface area contributed by atoms with E-state index in [1.54, 1.807) is 0 Å². The van der Waals surface area contributed by atoms with E-state index < -0.39 is 0 Å². The Morgan fingerprint density at radius 2 is 2.05 bits per heavy atom. The fourth-order valence-corrected chi connectivity index (χ4v) is 3.25. The Morgan fingerprint density at radius 1 is 1.24 bits per heavy atom. The molecular weight excluding hydrogens is 258 g/mol. The van der Waals surface area contributed by atoms with Gasteiger partial charge in [0.1, 0.15) is 11.6 Å². The number of hydrogen-bond donors (Lipinski definition) is 1. The first-order valence-corrected chi connectivity index (χ1v) is 8.74. The molecular formula is C18H31N3.